The van der Waals surface area contributed by atoms with Gasteiger partial charge in [-0.05, 0) is 62.4 Å². The normalized spacial score (nSPS) is 18.1. The molecule has 2 atom stereocenters. The third-order valence-corrected chi connectivity index (χ3v) is 7.37. The summed E-state index contributed by atoms with van der Waals surface area (Å²) in [4.78, 5) is 67.2. The first-order valence-corrected chi connectivity index (χ1v) is 14.0. The maximum atomic E-state index is 13.8. The Balaban J connectivity index is 1.72. The van der Waals surface area contributed by atoms with Crippen LogP contribution in [0.3, 0.4) is 0 Å². The molecule has 44 heavy (non-hydrogen) atoms. The molecule has 10 nitrogen and oxygen atoms in total. The first-order chi connectivity index (χ1) is 20.5. The number of benzene rings is 1. The molecule has 2 heterocycles. The van der Waals surface area contributed by atoms with Gasteiger partial charge in [-0.2, -0.15) is 22.0 Å². The summed E-state index contributed by atoms with van der Waals surface area (Å²) in [6.07, 6.45) is -5.80. The quantitative estimate of drug-likeness (QED) is 0.319. The van der Waals surface area contributed by atoms with Crippen LogP contribution < -0.4 is 10.6 Å². The maximum absolute atomic E-state index is 13.8. The number of alkyl halides is 5. The van der Waals surface area contributed by atoms with Gasteiger partial charge in [-0.1, -0.05) is 13.8 Å². The van der Waals surface area contributed by atoms with Crippen molar-refractivity contribution in [3.05, 3.63) is 46.7 Å². The Kier molecular flexibility index (Phi) is 10.9. The fourth-order valence-corrected chi connectivity index (χ4v) is 4.84. The monoisotopic (exact) mass is 630 g/mol. The van der Waals surface area contributed by atoms with E-state index < -0.39 is 53.6 Å². The Morgan fingerprint density at radius 2 is 1.48 bits per heavy atom. The molecule has 2 aliphatic rings. The predicted octanol–water partition coefficient (Wildman–Crippen LogP) is 3.08. The first kappa shape index (κ1) is 34.6. The van der Waals surface area contributed by atoms with Crippen LogP contribution in [0.25, 0.3) is 0 Å². The van der Waals surface area contributed by atoms with Crippen LogP contribution in [0.15, 0.2) is 35.5 Å². The molecule has 0 saturated carbocycles. The zero-order chi connectivity index (χ0) is 33.0. The smallest absolute Gasteiger partial charge is 0.378 e. The van der Waals surface area contributed by atoms with Crippen molar-refractivity contribution in [2.75, 3.05) is 32.8 Å². The van der Waals surface area contributed by atoms with E-state index in [1.807, 2.05) is 5.32 Å². The number of nitrogens with one attached hydrogen (secondary N) is 2. The van der Waals surface area contributed by atoms with Crippen LogP contribution in [0.4, 0.5) is 22.0 Å². The number of carbonyl (C=O) groups is 5. The Morgan fingerprint density at radius 3 is 2.00 bits per heavy atom. The van der Waals surface area contributed by atoms with Gasteiger partial charge < -0.3 is 25.2 Å². The van der Waals surface area contributed by atoms with Crippen LogP contribution in [-0.2, 0) is 19.1 Å². The zero-order valence-electron chi connectivity index (χ0n) is 24.7. The van der Waals surface area contributed by atoms with E-state index in [1.165, 1.54) is 52.0 Å². The third-order valence-electron chi connectivity index (χ3n) is 7.37. The number of hydrogen-bond donors (Lipinski definition) is 2. The van der Waals surface area contributed by atoms with Gasteiger partial charge in [-0.25, -0.2) is 0 Å². The SMILES string of the molecule is CC(C)=C(NC(=O)c1ccc(C(=O)N2CCOCC2)cc1)C(=O)N1CCC[C@H]1C(=O)N[C@@H](C(=O)C(F)(F)C(F)(F)F)C(C)C. The molecule has 0 aliphatic carbocycles. The molecule has 242 valence electrons. The van der Waals surface area contributed by atoms with Crippen LogP contribution in [0.1, 0.15) is 61.3 Å². The number of halogens is 5. The second kappa shape index (κ2) is 13.8. The number of likely N-dealkylation sites (tertiary alicyclic amines) is 1. The summed E-state index contributed by atoms with van der Waals surface area (Å²) in [7, 11) is 0. The highest BCUT2D eigenvalue weighted by atomic mass is 19.4. The zero-order valence-corrected chi connectivity index (χ0v) is 24.7. The number of hydrogen-bond acceptors (Lipinski definition) is 6. The van der Waals surface area contributed by atoms with Gasteiger partial charge in [0.2, 0.25) is 11.7 Å². The molecule has 1 aromatic carbocycles. The summed E-state index contributed by atoms with van der Waals surface area (Å²) >= 11 is 0. The molecule has 15 heteroatoms. The second-order valence-electron chi connectivity index (χ2n) is 11.1. The molecule has 4 amide bonds. The van der Waals surface area contributed by atoms with Crippen molar-refractivity contribution in [1.82, 2.24) is 20.4 Å². The number of morpholine rings is 1. The van der Waals surface area contributed by atoms with Crippen LogP contribution in [0.2, 0.25) is 0 Å². The maximum Gasteiger partial charge on any atom is 0.461 e. The molecule has 0 unspecified atom stereocenters. The topological polar surface area (TPSA) is 125 Å². The summed E-state index contributed by atoms with van der Waals surface area (Å²) in [5.41, 5.74) is 0.700. The minimum absolute atomic E-state index is 0.0287. The molecular formula is C29H35F5N4O6. The average Bonchev–Trinajstić information content (AvgIpc) is 3.47. The molecule has 3 rings (SSSR count). The lowest BCUT2D eigenvalue weighted by Gasteiger charge is -2.30. The minimum Gasteiger partial charge on any atom is -0.378 e. The van der Waals surface area contributed by atoms with Gasteiger partial charge in [-0.15, -0.1) is 0 Å². The van der Waals surface area contributed by atoms with E-state index in [2.05, 4.69) is 5.32 Å². The summed E-state index contributed by atoms with van der Waals surface area (Å²) < 4.78 is 71.4. The molecule has 0 bridgehead atoms. The fraction of sp³-hybridized carbons (Fsp3) is 0.552. The van der Waals surface area contributed by atoms with Crippen molar-refractivity contribution in [2.45, 2.75) is 64.7 Å². The first-order valence-electron chi connectivity index (χ1n) is 14.0. The van der Waals surface area contributed by atoms with Gasteiger partial charge >= 0.3 is 12.1 Å². The number of nitrogens with zero attached hydrogens (tertiary/aromatic N) is 2. The average molecular weight is 631 g/mol. The fourth-order valence-electron chi connectivity index (χ4n) is 4.84. The molecule has 2 saturated heterocycles. The van der Waals surface area contributed by atoms with E-state index >= 15 is 0 Å². The van der Waals surface area contributed by atoms with Crippen molar-refractivity contribution >= 4 is 29.4 Å². The third kappa shape index (κ3) is 7.60. The van der Waals surface area contributed by atoms with Crippen LogP contribution >= 0.6 is 0 Å². The number of allylic oxidation sites excluding steroid dienone is 1. The summed E-state index contributed by atoms with van der Waals surface area (Å²) in [6.45, 7) is 7.24. The number of amides is 4. The van der Waals surface area contributed by atoms with Crippen molar-refractivity contribution in [2.24, 2.45) is 5.92 Å². The molecule has 2 N–H and O–H groups in total. The molecule has 2 fully saturated rings. The molecule has 2 aliphatic heterocycles. The molecule has 0 radical (unpaired) electrons. The van der Waals surface area contributed by atoms with E-state index in [1.54, 1.807) is 4.90 Å². The van der Waals surface area contributed by atoms with E-state index in [0.29, 0.717) is 43.9 Å². The summed E-state index contributed by atoms with van der Waals surface area (Å²) in [5, 5.41) is 4.51. The minimum atomic E-state index is -6.15. The largest absolute Gasteiger partial charge is 0.461 e. The lowest BCUT2D eigenvalue weighted by Crippen LogP contribution is -2.58. The number of carbonyl (C=O) groups excluding carboxylic acids is 5. The predicted molar refractivity (Wildman–Crippen MR) is 147 cm³/mol. The van der Waals surface area contributed by atoms with E-state index in [-0.39, 0.29) is 30.1 Å². The van der Waals surface area contributed by atoms with Crippen molar-refractivity contribution in [1.29, 1.82) is 0 Å². The summed E-state index contributed by atoms with van der Waals surface area (Å²) in [5.74, 6) is -12.0. The Labute approximate surface area is 250 Å². The van der Waals surface area contributed by atoms with Gasteiger partial charge in [0.1, 0.15) is 11.7 Å². The standard InChI is InChI=1S/C29H35F5N4O6/c1-16(2)21(23(39)28(30,31)29(32,33)34)35-25(41)20-6-5-11-38(20)27(43)22(17(3)4)36-24(40)18-7-9-19(10-8-18)26(42)37-12-14-44-15-13-37/h7-10,16,20-21H,5-6,11-15H2,1-4H3,(H,35,41)(H,36,40)/t20-,21+/m0/s1. The van der Waals surface area contributed by atoms with Crippen molar-refractivity contribution < 1.29 is 50.7 Å². The van der Waals surface area contributed by atoms with E-state index in [4.69, 9.17) is 4.74 Å². The van der Waals surface area contributed by atoms with E-state index in [0.717, 1.165) is 4.90 Å². The number of Topliss-reactive ketones (excluding diaryl/α,β-unsaturated/α-hetero) is 1. The molecule has 0 aromatic heterocycles. The highest BCUT2D eigenvalue weighted by molar-refractivity contribution is 6.05. The van der Waals surface area contributed by atoms with Gasteiger partial charge in [0.05, 0.1) is 19.3 Å². The Morgan fingerprint density at radius 1 is 0.909 bits per heavy atom. The second-order valence-corrected chi connectivity index (χ2v) is 11.1. The van der Waals surface area contributed by atoms with Gasteiger partial charge in [0.25, 0.3) is 17.7 Å². The van der Waals surface area contributed by atoms with Crippen LogP contribution in [-0.4, -0.2) is 96.2 Å². The highest BCUT2D eigenvalue weighted by Gasteiger charge is 2.64. The number of ketones is 1. The lowest BCUT2D eigenvalue weighted by molar-refractivity contribution is -0.270. The summed E-state index contributed by atoms with van der Waals surface area (Å²) in [6, 6.07) is 2.34. The van der Waals surface area contributed by atoms with Crippen LogP contribution in [0, 0.1) is 5.92 Å². The number of ether oxygens (including phenoxy) is 1. The van der Waals surface area contributed by atoms with Gasteiger partial charge in [0.15, 0.2) is 0 Å². The Hall–Kier alpha value is -3.88. The lowest BCUT2D eigenvalue weighted by atomic mass is 9.95. The van der Waals surface area contributed by atoms with Crippen LogP contribution in [0.5, 0.6) is 0 Å². The highest BCUT2D eigenvalue weighted by Crippen LogP contribution is 2.37. The molecule has 1 aromatic rings. The Bertz CT molecular complexity index is 1300. The number of rotatable bonds is 9. The van der Waals surface area contributed by atoms with Crippen molar-refractivity contribution in [3.8, 4) is 0 Å². The van der Waals surface area contributed by atoms with Gasteiger partial charge in [-0.3, -0.25) is 24.0 Å². The molecule has 0 spiro atoms. The van der Waals surface area contributed by atoms with Gasteiger partial charge in [0, 0.05) is 30.8 Å². The van der Waals surface area contributed by atoms with E-state index in [9.17, 15) is 45.9 Å². The molecular weight excluding hydrogens is 595 g/mol. The van der Waals surface area contributed by atoms with Crippen molar-refractivity contribution in [3.63, 3.8) is 0 Å².